The number of hydrogen-bond donors (Lipinski definition) is 0. The van der Waals surface area contributed by atoms with Gasteiger partial charge in [0.25, 0.3) is 5.91 Å². The molecule has 250 valence electrons. The lowest BCUT2D eigenvalue weighted by Crippen LogP contribution is -2.25. The second kappa shape index (κ2) is 20.1. The van der Waals surface area contributed by atoms with Crippen molar-refractivity contribution in [3.8, 4) is 19.5 Å². The number of hydrogen-bond acceptors (Lipinski definition) is 4. The maximum Gasteiger partial charge on any atom is 0.256 e. The van der Waals surface area contributed by atoms with Crippen molar-refractivity contribution in [3.63, 3.8) is 0 Å². The average molecular weight is 798 g/mol. The monoisotopic (exact) mass is 795 g/mol. The molecule has 0 atom stereocenters. The second-order valence-electron chi connectivity index (χ2n) is 13.0. The van der Waals surface area contributed by atoms with Gasteiger partial charge >= 0.3 is 0 Å². The van der Waals surface area contributed by atoms with Crippen molar-refractivity contribution >= 4 is 71.8 Å². The van der Waals surface area contributed by atoms with Crippen LogP contribution < -0.4 is 0 Å². The number of amides is 1. The smallest absolute Gasteiger partial charge is 0.256 e. The Kier molecular flexibility index (Phi) is 16.7. The Balaban J connectivity index is 1.53. The van der Waals surface area contributed by atoms with Crippen molar-refractivity contribution in [2.45, 2.75) is 156 Å². The molecule has 0 bridgehead atoms. The Morgan fingerprint density at radius 3 is 1.56 bits per heavy atom. The standard InChI is InChI=1S/C38H55Br2NOS3/c1-4-7-10-13-16-19-22-28-25-31(43-36(28)39)34-30-27-41(24-21-18-15-12-9-6-3)38(42)33(30)35(45-34)32-26-29(37(40)44-32)23-20-17-14-11-8-5-2/h25-26H,4-24,27H2,1-3H3. The maximum absolute atomic E-state index is 14.0. The van der Waals surface area contributed by atoms with Crippen LogP contribution in [0.15, 0.2) is 19.7 Å². The predicted octanol–water partition coefficient (Wildman–Crippen LogP) is 14.9. The zero-order valence-electron chi connectivity index (χ0n) is 28.0. The summed E-state index contributed by atoms with van der Waals surface area (Å²) in [6.45, 7) is 8.46. The number of nitrogens with zero attached hydrogens (tertiary/aromatic N) is 1. The summed E-state index contributed by atoms with van der Waals surface area (Å²) in [6.07, 6.45) is 25.6. The molecule has 0 saturated carbocycles. The highest BCUT2D eigenvalue weighted by Crippen LogP contribution is 2.51. The molecular weight excluding hydrogens is 742 g/mol. The summed E-state index contributed by atoms with van der Waals surface area (Å²) >= 11 is 13.4. The van der Waals surface area contributed by atoms with Gasteiger partial charge in [-0.15, -0.1) is 34.0 Å². The van der Waals surface area contributed by atoms with Crippen LogP contribution in [0.25, 0.3) is 19.5 Å². The quantitative estimate of drug-likeness (QED) is 0.0875. The molecule has 0 unspecified atom stereocenters. The van der Waals surface area contributed by atoms with Crippen LogP contribution in [0.2, 0.25) is 0 Å². The average Bonchev–Trinajstić information content (AvgIpc) is 3.78. The van der Waals surface area contributed by atoms with Gasteiger partial charge in [0.15, 0.2) is 0 Å². The number of unbranched alkanes of at least 4 members (excludes halogenated alkanes) is 15. The number of aryl methyl sites for hydroxylation is 2. The zero-order valence-corrected chi connectivity index (χ0v) is 33.7. The van der Waals surface area contributed by atoms with Crippen molar-refractivity contribution in [2.24, 2.45) is 0 Å². The van der Waals surface area contributed by atoms with E-state index in [1.165, 1.54) is 153 Å². The van der Waals surface area contributed by atoms with E-state index in [4.69, 9.17) is 0 Å². The fraction of sp³-hybridized carbons (Fsp3) is 0.658. The van der Waals surface area contributed by atoms with Crippen molar-refractivity contribution in [1.82, 2.24) is 4.90 Å². The van der Waals surface area contributed by atoms with Crippen LogP contribution in [0.5, 0.6) is 0 Å². The third-order valence-corrected chi connectivity index (χ3v) is 14.7. The summed E-state index contributed by atoms with van der Waals surface area (Å²) in [5.41, 5.74) is 5.10. The number of carbonyl (C=O) groups excluding carboxylic acids is 1. The van der Waals surface area contributed by atoms with Crippen LogP contribution in [-0.4, -0.2) is 17.4 Å². The molecule has 0 saturated heterocycles. The van der Waals surface area contributed by atoms with Gasteiger partial charge in [-0.1, -0.05) is 117 Å². The normalized spacial score (nSPS) is 13.0. The van der Waals surface area contributed by atoms with E-state index in [2.05, 4.69) is 69.7 Å². The fourth-order valence-corrected chi connectivity index (χ4v) is 11.5. The third-order valence-electron chi connectivity index (χ3n) is 9.20. The van der Waals surface area contributed by atoms with Gasteiger partial charge in [0.2, 0.25) is 0 Å². The lowest BCUT2D eigenvalue weighted by atomic mass is 10.1. The largest absolute Gasteiger partial charge is 0.334 e. The van der Waals surface area contributed by atoms with Gasteiger partial charge in [0.05, 0.1) is 22.9 Å². The van der Waals surface area contributed by atoms with E-state index in [1.807, 2.05) is 34.0 Å². The van der Waals surface area contributed by atoms with Gasteiger partial charge < -0.3 is 4.90 Å². The van der Waals surface area contributed by atoms with Crippen LogP contribution in [0, 0.1) is 0 Å². The first kappa shape index (κ1) is 37.4. The minimum Gasteiger partial charge on any atom is -0.334 e. The third kappa shape index (κ3) is 10.8. The molecular formula is C38H55Br2NOS3. The van der Waals surface area contributed by atoms with Gasteiger partial charge in [0, 0.05) is 28.4 Å². The van der Waals surface area contributed by atoms with E-state index in [0.29, 0.717) is 0 Å². The second-order valence-corrected chi connectivity index (χ2v) is 18.7. The first-order valence-electron chi connectivity index (χ1n) is 18.0. The maximum atomic E-state index is 14.0. The molecule has 4 heterocycles. The van der Waals surface area contributed by atoms with Gasteiger partial charge in [-0.3, -0.25) is 4.79 Å². The van der Waals surface area contributed by atoms with E-state index in [-0.39, 0.29) is 5.91 Å². The van der Waals surface area contributed by atoms with Crippen molar-refractivity contribution in [2.75, 3.05) is 6.54 Å². The van der Waals surface area contributed by atoms with Crippen LogP contribution in [0.1, 0.15) is 163 Å². The summed E-state index contributed by atoms with van der Waals surface area (Å²) in [7, 11) is 0. The van der Waals surface area contributed by atoms with Crippen molar-refractivity contribution < 1.29 is 4.79 Å². The van der Waals surface area contributed by atoms with E-state index in [1.54, 1.807) is 0 Å². The summed E-state index contributed by atoms with van der Waals surface area (Å²) in [5, 5.41) is 0. The summed E-state index contributed by atoms with van der Waals surface area (Å²) in [5.74, 6) is 0.251. The molecule has 4 rings (SSSR count). The molecule has 1 aliphatic heterocycles. The molecule has 0 aromatic carbocycles. The highest BCUT2D eigenvalue weighted by Gasteiger charge is 2.36. The molecule has 7 heteroatoms. The lowest BCUT2D eigenvalue weighted by Gasteiger charge is -2.16. The van der Waals surface area contributed by atoms with Crippen molar-refractivity contribution in [3.05, 3.63) is 42.0 Å². The minimum absolute atomic E-state index is 0.251. The Bertz CT molecular complexity index is 1320. The molecule has 45 heavy (non-hydrogen) atoms. The summed E-state index contributed by atoms with van der Waals surface area (Å²) in [6, 6.07) is 4.81. The van der Waals surface area contributed by atoms with E-state index >= 15 is 0 Å². The van der Waals surface area contributed by atoms with Gasteiger partial charge in [-0.05, 0) is 87.2 Å². The zero-order chi connectivity index (χ0) is 32.0. The topological polar surface area (TPSA) is 20.3 Å². The molecule has 1 aliphatic rings. The minimum atomic E-state index is 0.251. The highest BCUT2D eigenvalue weighted by atomic mass is 79.9. The summed E-state index contributed by atoms with van der Waals surface area (Å²) in [4.78, 5) is 21.3. The van der Waals surface area contributed by atoms with Gasteiger partial charge in [0.1, 0.15) is 0 Å². The van der Waals surface area contributed by atoms with E-state index in [0.717, 1.165) is 37.9 Å². The first-order valence-corrected chi connectivity index (χ1v) is 22.0. The van der Waals surface area contributed by atoms with Crippen LogP contribution in [0.4, 0.5) is 0 Å². The Morgan fingerprint density at radius 1 is 0.600 bits per heavy atom. The number of rotatable bonds is 23. The van der Waals surface area contributed by atoms with Gasteiger partial charge in [-0.25, -0.2) is 0 Å². The molecule has 0 N–H and O–H groups in total. The van der Waals surface area contributed by atoms with Crippen molar-refractivity contribution in [1.29, 1.82) is 0 Å². The van der Waals surface area contributed by atoms with Crippen LogP contribution >= 0.6 is 65.9 Å². The Morgan fingerprint density at radius 2 is 1.04 bits per heavy atom. The molecule has 3 aromatic heterocycles. The number of fused-ring (bicyclic) bond motifs is 1. The molecule has 0 spiro atoms. The van der Waals surface area contributed by atoms with Crippen LogP contribution in [0.3, 0.4) is 0 Å². The number of halogens is 2. The molecule has 0 radical (unpaired) electrons. The Hall–Kier alpha value is -0.470. The van der Waals surface area contributed by atoms with Crippen LogP contribution in [-0.2, 0) is 19.4 Å². The number of thiophene rings is 3. The molecule has 1 amide bonds. The van der Waals surface area contributed by atoms with E-state index < -0.39 is 0 Å². The SMILES string of the molecule is CCCCCCCCc1cc(-c2sc(-c3cc(CCCCCCCC)c(Br)s3)c3c2CN(CCCCCCCC)C3=O)sc1Br. The lowest BCUT2D eigenvalue weighted by molar-refractivity contribution is 0.0776. The molecule has 3 aromatic rings. The molecule has 0 aliphatic carbocycles. The Labute approximate surface area is 303 Å². The molecule has 2 nitrogen and oxygen atoms in total. The summed E-state index contributed by atoms with van der Waals surface area (Å²) < 4.78 is 2.51. The van der Waals surface area contributed by atoms with E-state index in [9.17, 15) is 4.79 Å². The number of carbonyl (C=O) groups is 1. The molecule has 0 fully saturated rings. The predicted molar refractivity (Wildman–Crippen MR) is 209 cm³/mol. The van der Waals surface area contributed by atoms with Gasteiger partial charge in [-0.2, -0.15) is 0 Å². The fourth-order valence-electron chi connectivity index (χ4n) is 6.47. The highest BCUT2D eigenvalue weighted by molar-refractivity contribution is 9.11. The first-order chi connectivity index (χ1) is 22.0.